The van der Waals surface area contributed by atoms with Crippen molar-refractivity contribution in [2.24, 2.45) is 0 Å². The molecule has 0 heterocycles. The zero-order chi connectivity index (χ0) is 16.3. The molecule has 2 nitrogen and oxygen atoms in total. The summed E-state index contributed by atoms with van der Waals surface area (Å²) in [6, 6.07) is 1.20. The van der Waals surface area contributed by atoms with Crippen LogP contribution >= 0.6 is 0 Å². The second kappa shape index (κ2) is 6.19. The Hall–Kier alpha value is -1.99. The zero-order valence-electron chi connectivity index (χ0n) is 10.4. The van der Waals surface area contributed by atoms with Crippen LogP contribution in [0.3, 0.4) is 0 Å². The number of hydrogen-bond donors (Lipinski definition) is 1. The van der Waals surface area contributed by atoms with Crippen molar-refractivity contribution in [1.29, 1.82) is 0 Å². The topological polar surface area (TPSA) is 37.3 Å². The summed E-state index contributed by atoms with van der Waals surface area (Å²) in [7, 11) is 0. The second-order valence-corrected chi connectivity index (χ2v) is 4.15. The number of carboxylic acids is 1. The molecule has 0 fully saturated rings. The minimum Gasteiger partial charge on any atom is -0.478 e. The maximum absolute atomic E-state index is 12.7. The SMILES string of the molecule is O=C(O)/C=C/CCc1cc(C(F)(F)F)ccc1C(F)(F)F. The van der Waals surface area contributed by atoms with E-state index < -0.39 is 35.0 Å². The number of aliphatic carboxylic acids is 1. The van der Waals surface area contributed by atoms with E-state index in [4.69, 9.17) is 5.11 Å². The first kappa shape index (κ1) is 17.1. The van der Waals surface area contributed by atoms with Crippen molar-refractivity contribution in [3.63, 3.8) is 0 Å². The third kappa shape index (κ3) is 5.13. The summed E-state index contributed by atoms with van der Waals surface area (Å²) in [6.07, 6.45) is -8.16. The van der Waals surface area contributed by atoms with Gasteiger partial charge in [0.1, 0.15) is 0 Å². The lowest BCUT2D eigenvalue weighted by Crippen LogP contribution is -2.12. The van der Waals surface area contributed by atoms with Crippen molar-refractivity contribution in [1.82, 2.24) is 0 Å². The monoisotopic (exact) mass is 312 g/mol. The number of carboxylic acid groups (broad SMARTS) is 1. The summed E-state index contributed by atoms with van der Waals surface area (Å²) in [6.45, 7) is 0. The van der Waals surface area contributed by atoms with Gasteiger partial charge in [0.2, 0.25) is 0 Å². The van der Waals surface area contributed by atoms with Gasteiger partial charge in [-0.05, 0) is 36.6 Å². The van der Waals surface area contributed by atoms with E-state index in [1.165, 1.54) is 0 Å². The van der Waals surface area contributed by atoms with Gasteiger partial charge in [0.05, 0.1) is 11.1 Å². The Morgan fingerprint density at radius 3 is 2.19 bits per heavy atom. The quantitative estimate of drug-likeness (QED) is 0.665. The first-order chi connectivity index (χ1) is 9.51. The number of aryl methyl sites for hydroxylation is 1. The van der Waals surface area contributed by atoms with E-state index in [0.29, 0.717) is 18.2 Å². The highest BCUT2D eigenvalue weighted by Gasteiger charge is 2.36. The molecular formula is C13H10F6O2. The van der Waals surface area contributed by atoms with E-state index in [-0.39, 0.29) is 12.8 Å². The first-order valence-electron chi connectivity index (χ1n) is 5.68. The first-order valence-corrected chi connectivity index (χ1v) is 5.68. The minimum atomic E-state index is -4.77. The number of carbonyl (C=O) groups is 1. The van der Waals surface area contributed by atoms with Crippen LogP contribution in [0.25, 0.3) is 0 Å². The van der Waals surface area contributed by atoms with Gasteiger partial charge in [-0.25, -0.2) is 4.79 Å². The highest BCUT2D eigenvalue weighted by molar-refractivity contribution is 5.79. The number of rotatable bonds is 4. The molecule has 0 radical (unpaired) electrons. The van der Waals surface area contributed by atoms with Crippen molar-refractivity contribution in [2.75, 3.05) is 0 Å². The van der Waals surface area contributed by atoms with Crippen molar-refractivity contribution < 1.29 is 36.2 Å². The molecule has 8 heteroatoms. The summed E-state index contributed by atoms with van der Waals surface area (Å²) < 4.78 is 75.7. The van der Waals surface area contributed by atoms with Crippen molar-refractivity contribution >= 4 is 5.97 Å². The zero-order valence-corrected chi connectivity index (χ0v) is 10.4. The molecule has 0 spiro atoms. The number of allylic oxidation sites excluding steroid dienone is 1. The van der Waals surface area contributed by atoms with Gasteiger partial charge in [0.15, 0.2) is 0 Å². The maximum atomic E-state index is 12.7. The van der Waals surface area contributed by atoms with Gasteiger partial charge in [-0.15, -0.1) is 0 Å². The molecule has 1 rings (SSSR count). The van der Waals surface area contributed by atoms with Gasteiger partial charge in [0, 0.05) is 6.08 Å². The Morgan fingerprint density at radius 2 is 1.71 bits per heavy atom. The molecule has 0 aliphatic rings. The van der Waals surface area contributed by atoms with Crippen LogP contribution in [0.4, 0.5) is 26.3 Å². The Balaban J connectivity index is 3.09. The Labute approximate surface area is 115 Å². The van der Waals surface area contributed by atoms with Crippen LogP contribution in [0.5, 0.6) is 0 Å². The molecule has 116 valence electrons. The van der Waals surface area contributed by atoms with Gasteiger partial charge < -0.3 is 5.11 Å². The van der Waals surface area contributed by atoms with Gasteiger partial charge >= 0.3 is 18.3 Å². The molecule has 21 heavy (non-hydrogen) atoms. The number of benzene rings is 1. The summed E-state index contributed by atoms with van der Waals surface area (Å²) in [5, 5.41) is 8.33. The lowest BCUT2D eigenvalue weighted by Gasteiger charge is -2.15. The molecule has 0 saturated carbocycles. The summed E-state index contributed by atoms with van der Waals surface area (Å²) in [4.78, 5) is 10.2. The van der Waals surface area contributed by atoms with Crippen molar-refractivity contribution in [2.45, 2.75) is 25.2 Å². The van der Waals surface area contributed by atoms with Crippen LogP contribution in [-0.2, 0) is 23.6 Å². The molecule has 0 saturated heterocycles. The maximum Gasteiger partial charge on any atom is 0.416 e. The number of alkyl halides is 6. The largest absolute Gasteiger partial charge is 0.478 e. The molecule has 1 aromatic carbocycles. The Morgan fingerprint density at radius 1 is 1.10 bits per heavy atom. The van der Waals surface area contributed by atoms with E-state index in [1.807, 2.05) is 0 Å². The predicted octanol–water partition coefficient (Wildman–Crippen LogP) is 4.30. The smallest absolute Gasteiger partial charge is 0.416 e. The number of halogens is 6. The Kier molecular flexibility index (Phi) is 5.03. The third-order valence-corrected chi connectivity index (χ3v) is 2.58. The lowest BCUT2D eigenvalue weighted by atomic mass is 9.99. The minimum absolute atomic E-state index is 0.114. The van der Waals surface area contributed by atoms with E-state index in [1.54, 1.807) is 0 Å². The fourth-order valence-electron chi connectivity index (χ4n) is 1.68. The van der Waals surface area contributed by atoms with Crippen molar-refractivity contribution in [3.8, 4) is 0 Å². The molecule has 0 amide bonds. The lowest BCUT2D eigenvalue weighted by molar-refractivity contribution is -0.141. The normalized spacial score (nSPS) is 12.9. The molecule has 0 aliphatic carbocycles. The highest BCUT2D eigenvalue weighted by atomic mass is 19.4. The van der Waals surface area contributed by atoms with Crippen LogP contribution < -0.4 is 0 Å². The van der Waals surface area contributed by atoms with Gasteiger partial charge in [0.25, 0.3) is 0 Å². The summed E-state index contributed by atoms with van der Waals surface area (Å²) in [5.74, 6) is -1.28. The molecule has 0 atom stereocenters. The van der Waals surface area contributed by atoms with Crippen LogP contribution in [0.15, 0.2) is 30.4 Å². The third-order valence-electron chi connectivity index (χ3n) is 2.58. The van der Waals surface area contributed by atoms with E-state index in [9.17, 15) is 31.1 Å². The molecule has 0 bridgehead atoms. The fourth-order valence-corrected chi connectivity index (χ4v) is 1.68. The predicted molar refractivity (Wildman–Crippen MR) is 61.5 cm³/mol. The average Bonchev–Trinajstić information content (AvgIpc) is 2.31. The second-order valence-electron chi connectivity index (χ2n) is 4.15. The summed E-state index contributed by atoms with van der Waals surface area (Å²) in [5.41, 5.74) is -2.85. The summed E-state index contributed by atoms with van der Waals surface area (Å²) >= 11 is 0. The molecule has 0 aromatic heterocycles. The van der Waals surface area contributed by atoms with Crippen LogP contribution in [-0.4, -0.2) is 11.1 Å². The molecule has 1 aromatic rings. The van der Waals surface area contributed by atoms with Gasteiger partial charge in [-0.2, -0.15) is 26.3 Å². The van der Waals surface area contributed by atoms with E-state index in [2.05, 4.69) is 0 Å². The van der Waals surface area contributed by atoms with E-state index in [0.717, 1.165) is 12.2 Å². The number of hydrogen-bond acceptors (Lipinski definition) is 1. The average molecular weight is 312 g/mol. The van der Waals surface area contributed by atoms with Crippen LogP contribution in [0, 0.1) is 0 Å². The Bertz CT molecular complexity index is 543. The molecular weight excluding hydrogens is 302 g/mol. The fraction of sp³-hybridized carbons (Fsp3) is 0.308. The molecule has 1 N–H and O–H groups in total. The van der Waals surface area contributed by atoms with Crippen LogP contribution in [0.2, 0.25) is 0 Å². The van der Waals surface area contributed by atoms with Gasteiger partial charge in [-0.3, -0.25) is 0 Å². The molecule has 0 unspecified atom stereocenters. The molecule has 0 aliphatic heterocycles. The van der Waals surface area contributed by atoms with E-state index >= 15 is 0 Å². The van der Waals surface area contributed by atoms with Crippen molar-refractivity contribution in [3.05, 3.63) is 47.0 Å². The van der Waals surface area contributed by atoms with Gasteiger partial charge in [-0.1, -0.05) is 6.08 Å². The van der Waals surface area contributed by atoms with Crippen LogP contribution in [0.1, 0.15) is 23.1 Å². The standard InChI is InChI=1S/C13H10F6O2/c14-12(15,16)9-5-6-10(13(17,18)19)8(7-9)3-1-2-4-11(20)21/h2,4-7H,1,3H2,(H,20,21)/b4-2+. The highest BCUT2D eigenvalue weighted by Crippen LogP contribution is 2.36.